The predicted molar refractivity (Wildman–Crippen MR) is 70.1 cm³/mol. The number of aromatic nitrogens is 1. The van der Waals surface area contributed by atoms with Crippen molar-refractivity contribution in [3.63, 3.8) is 0 Å². The van der Waals surface area contributed by atoms with Gasteiger partial charge in [0.2, 0.25) is 0 Å². The molecule has 0 aliphatic rings. The lowest BCUT2D eigenvalue weighted by Gasteiger charge is -2.08. The van der Waals surface area contributed by atoms with Crippen LogP contribution in [0.3, 0.4) is 0 Å². The van der Waals surface area contributed by atoms with Crippen molar-refractivity contribution in [3.05, 3.63) is 63.6 Å². The zero-order valence-corrected chi connectivity index (χ0v) is 10.1. The first-order valence-electron chi connectivity index (χ1n) is 5.58. The highest BCUT2D eigenvalue weighted by Gasteiger charge is 2.01. The topological polar surface area (TPSA) is 48.0 Å². The number of nitrogen functional groups attached to an aromatic ring is 1. The highest BCUT2D eigenvalue weighted by atomic mass is 16.1. The van der Waals surface area contributed by atoms with Crippen LogP contribution in [0.15, 0.2) is 41.3 Å². The van der Waals surface area contributed by atoms with Crippen LogP contribution < -0.4 is 11.3 Å². The summed E-state index contributed by atoms with van der Waals surface area (Å²) >= 11 is 0. The molecule has 0 aliphatic carbocycles. The summed E-state index contributed by atoms with van der Waals surface area (Å²) in [6, 6.07) is 9.69. The summed E-state index contributed by atoms with van der Waals surface area (Å²) in [4.78, 5) is 11.8. The van der Waals surface area contributed by atoms with Crippen LogP contribution in [-0.2, 0) is 6.54 Å². The Labute approximate surface area is 101 Å². The molecule has 0 bridgehead atoms. The van der Waals surface area contributed by atoms with Crippen LogP contribution in [0.25, 0.3) is 0 Å². The average molecular weight is 228 g/mol. The Morgan fingerprint density at radius 1 is 1.24 bits per heavy atom. The van der Waals surface area contributed by atoms with Crippen molar-refractivity contribution in [2.75, 3.05) is 5.73 Å². The Hall–Kier alpha value is -2.03. The van der Waals surface area contributed by atoms with Gasteiger partial charge in [0.1, 0.15) is 0 Å². The van der Waals surface area contributed by atoms with Crippen LogP contribution >= 0.6 is 0 Å². The molecule has 0 atom stereocenters. The van der Waals surface area contributed by atoms with E-state index in [-0.39, 0.29) is 5.56 Å². The van der Waals surface area contributed by atoms with Crippen LogP contribution in [0.4, 0.5) is 5.69 Å². The summed E-state index contributed by atoms with van der Waals surface area (Å²) in [6.45, 7) is 4.44. The van der Waals surface area contributed by atoms with Gasteiger partial charge in [0, 0.05) is 12.3 Å². The van der Waals surface area contributed by atoms with E-state index in [2.05, 4.69) is 6.07 Å². The molecule has 0 aliphatic heterocycles. The molecule has 0 saturated carbocycles. The monoisotopic (exact) mass is 228 g/mol. The highest BCUT2D eigenvalue weighted by Crippen LogP contribution is 2.09. The first kappa shape index (κ1) is 11.5. The molecular weight excluding hydrogens is 212 g/mol. The van der Waals surface area contributed by atoms with Crippen molar-refractivity contribution in [1.29, 1.82) is 0 Å². The number of aryl methyl sites for hydroxylation is 2. The quantitative estimate of drug-likeness (QED) is 0.855. The zero-order chi connectivity index (χ0) is 12.4. The predicted octanol–water partition coefficient (Wildman–Crippen LogP) is 2.10. The summed E-state index contributed by atoms with van der Waals surface area (Å²) in [5.74, 6) is 0. The van der Waals surface area contributed by atoms with Gasteiger partial charge >= 0.3 is 0 Å². The minimum atomic E-state index is -0.0155. The molecule has 0 saturated heterocycles. The van der Waals surface area contributed by atoms with Gasteiger partial charge in [0.15, 0.2) is 0 Å². The van der Waals surface area contributed by atoms with Crippen LogP contribution in [-0.4, -0.2) is 4.57 Å². The zero-order valence-electron chi connectivity index (χ0n) is 10.1. The molecule has 17 heavy (non-hydrogen) atoms. The molecule has 1 heterocycles. The standard InChI is InChI=1S/C14H16N2O/c1-10-4-3-5-12(6-10)8-16-9-13(15)11(2)7-14(16)17/h3-7,9H,8,15H2,1-2H3. The van der Waals surface area contributed by atoms with Crippen LogP contribution in [0.1, 0.15) is 16.7 Å². The summed E-state index contributed by atoms with van der Waals surface area (Å²) in [7, 11) is 0. The Bertz CT molecular complexity index is 599. The molecule has 0 spiro atoms. The second-order valence-corrected chi connectivity index (χ2v) is 4.37. The van der Waals surface area contributed by atoms with Gasteiger partial charge in [-0.05, 0) is 25.0 Å². The number of pyridine rings is 1. The van der Waals surface area contributed by atoms with E-state index >= 15 is 0 Å². The van der Waals surface area contributed by atoms with Gasteiger partial charge in [-0.2, -0.15) is 0 Å². The van der Waals surface area contributed by atoms with Crippen molar-refractivity contribution in [2.45, 2.75) is 20.4 Å². The molecule has 0 amide bonds. The minimum absolute atomic E-state index is 0.0155. The maximum Gasteiger partial charge on any atom is 0.251 e. The van der Waals surface area contributed by atoms with Crippen molar-refractivity contribution in [3.8, 4) is 0 Å². The number of hydrogen-bond acceptors (Lipinski definition) is 2. The summed E-state index contributed by atoms with van der Waals surface area (Å²) in [6.07, 6.45) is 1.71. The van der Waals surface area contributed by atoms with E-state index in [1.807, 2.05) is 32.0 Å². The van der Waals surface area contributed by atoms with Gasteiger partial charge in [-0.1, -0.05) is 29.8 Å². The van der Waals surface area contributed by atoms with E-state index in [1.165, 1.54) is 5.56 Å². The number of benzene rings is 1. The van der Waals surface area contributed by atoms with Crippen LogP contribution in [0, 0.1) is 13.8 Å². The summed E-state index contributed by atoms with van der Waals surface area (Å²) in [5, 5.41) is 0. The maximum atomic E-state index is 11.8. The lowest BCUT2D eigenvalue weighted by Crippen LogP contribution is -2.20. The fourth-order valence-electron chi connectivity index (χ4n) is 1.82. The van der Waals surface area contributed by atoms with E-state index in [9.17, 15) is 4.79 Å². The van der Waals surface area contributed by atoms with Crippen molar-refractivity contribution in [1.82, 2.24) is 4.57 Å². The Morgan fingerprint density at radius 3 is 2.71 bits per heavy atom. The van der Waals surface area contributed by atoms with Crippen LogP contribution in [0.2, 0.25) is 0 Å². The average Bonchev–Trinajstić information content (AvgIpc) is 2.26. The van der Waals surface area contributed by atoms with Crippen molar-refractivity contribution >= 4 is 5.69 Å². The molecule has 0 unspecified atom stereocenters. The molecule has 1 aromatic heterocycles. The van der Waals surface area contributed by atoms with E-state index < -0.39 is 0 Å². The van der Waals surface area contributed by atoms with E-state index in [4.69, 9.17) is 5.73 Å². The number of anilines is 1. The van der Waals surface area contributed by atoms with Gasteiger partial charge in [0.05, 0.1) is 12.2 Å². The third-order valence-corrected chi connectivity index (χ3v) is 2.81. The number of hydrogen-bond donors (Lipinski definition) is 1. The lowest BCUT2D eigenvalue weighted by atomic mass is 10.1. The fourth-order valence-corrected chi connectivity index (χ4v) is 1.82. The van der Waals surface area contributed by atoms with Gasteiger partial charge in [0.25, 0.3) is 5.56 Å². The molecule has 3 heteroatoms. The molecule has 2 N–H and O–H groups in total. The van der Waals surface area contributed by atoms with Crippen molar-refractivity contribution in [2.24, 2.45) is 0 Å². The third kappa shape index (κ3) is 2.56. The first-order valence-corrected chi connectivity index (χ1v) is 5.58. The second-order valence-electron chi connectivity index (χ2n) is 4.37. The van der Waals surface area contributed by atoms with E-state index in [1.54, 1.807) is 16.8 Å². The fraction of sp³-hybridized carbons (Fsp3) is 0.214. The maximum absolute atomic E-state index is 11.8. The second kappa shape index (κ2) is 4.45. The Kier molecular flexibility index (Phi) is 3.00. The van der Waals surface area contributed by atoms with Gasteiger partial charge < -0.3 is 10.3 Å². The summed E-state index contributed by atoms with van der Waals surface area (Å²) < 4.78 is 1.64. The molecule has 1 aromatic carbocycles. The van der Waals surface area contributed by atoms with Gasteiger partial charge in [-0.25, -0.2) is 0 Å². The lowest BCUT2D eigenvalue weighted by molar-refractivity contribution is 0.759. The normalized spacial score (nSPS) is 10.5. The number of rotatable bonds is 2. The van der Waals surface area contributed by atoms with E-state index in [0.29, 0.717) is 12.2 Å². The minimum Gasteiger partial charge on any atom is -0.397 e. The number of nitrogens with two attached hydrogens (primary N) is 1. The molecule has 3 nitrogen and oxygen atoms in total. The third-order valence-electron chi connectivity index (χ3n) is 2.81. The smallest absolute Gasteiger partial charge is 0.251 e. The molecule has 0 radical (unpaired) electrons. The molecule has 0 fully saturated rings. The van der Waals surface area contributed by atoms with Crippen molar-refractivity contribution < 1.29 is 0 Å². The molecule has 2 rings (SSSR count). The van der Waals surface area contributed by atoms with Gasteiger partial charge in [-0.3, -0.25) is 4.79 Å². The van der Waals surface area contributed by atoms with E-state index in [0.717, 1.165) is 11.1 Å². The molecule has 88 valence electrons. The Morgan fingerprint density at radius 2 is 2.00 bits per heavy atom. The number of nitrogens with zero attached hydrogens (tertiary/aromatic N) is 1. The molecule has 2 aromatic rings. The van der Waals surface area contributed by atoms with Gasteiger partial charge in [-0.15, -0.1) is 0 Å². The first-order chi connectivity index (χ1) is 8.06. The summed E-state index contributed by atoms with van der Waals surface area (Å²) in [5.41, 5.74) is 9.57. The highest BCUT2D eigenvalue weighted by molar-refractivity contribution is 5.43. The Balaban J connectivity index is 2.37. The SMILES string of the molecule is Cc1cccc(Cn2cc(N)c(C)cc2=O)c1. The van der Waals surface area contributed by atoms with Crippen LogP contribution in [0.5, 0.6) is 0 Å². The molecular formula is C14H16N2O. The largest absolute Gasteiger partial charge is 0.397 e.